The smallest absolute Gasteiger partial charge is 0.307 e. The molecule has 0 spiro atoms. The van der Waals surface area contributed by atoms with Crippen LogP contribution in [0.2, 0.25) is 0 Å². The highest BCUT2D eigenvalue weighted by atomic mass is 32.1. The highest BCUT2D eigenvalue weighted by molar-refractivity contribution is 7.10. The van der Waals surface area contributed by atoms with Gasteiger partial charge in [-0.2, -0.15) is 0 Å². The van der Waals surface area contributed by atoms with Gasteiger partial charge in [-0.15, -0.1) is 11.3 Å². The van der Waals surface area contributed by atoms with Crippen LogP contribution in [0.25, 0.3) is 0 Å². The Kier molecular flexibility index (Phi) is 4.39. The van der Waals surface area contributed by atoms with Crippen molar-refractivity contribution in [2.75, 3.05) is 19.9 Å². The number of thiophene rings is 1. The largest absolute Gasteiger partial charge is 0.481 e. The van der Waals surface area contributed by atoms with Gasteiger partial charge in [0.25, 0.3) is 0 Å². The summed E-state index contributed by atoms with van der Waals surface area (Å²) in [6.45, 7) is 3.82. The van der Waals surface area contributed by atoms with Gasteiger partial charge in [0.15, 0.2) is 11.5 Å². The van der Waals surface area contributed by atoms with Crippen LogP contribution in [0.4, 0.5) is 0 Å². The fourth-order valence-corrected chi connectivity index (χ4v) is 4.74. The number of nitrogens with zero attached hydrogens (tertiary/aromatic N) is 1. The van der Waals surface area contributed by atoms with E-state index in [1.54, 1.807) is 11.3 Å². The number of aryl methyl sites for hydroxylation is 1. The Bertz CT molecular complexity index is 787. The minimum atomic E-state index is -0.698. The lowest BCUT2D eigenvalue weighted by Gasteiger charge is -2.37. The number of fused-ring (bicyclic) bond motifs is 1. The molecule has 0 radical (unpaired) electrons. The number of ether oxygens (including phenoxy) is 2. The second-order valence-electron chi connectivity index (χ2n) is 6.71. The maximum atomic E-state index is 11.5. The molecule has 2 atom stereocenters. The molecule has 1 fully saturated rings. The van der Waals surface area contributed by atoms with Crippen LogP contribution >= 0.6 is 11.3 Å². The molecule has 1 saturated heterocycles. The van der Waals surface area contributed by atoms with Crippen molar-refractivity contribution in [2.24, 2.45) is 5.92 Å². The molecule has 0 bridgehead atoms. The molecule has 6 heteroatoms. The summed E-state index contributed by atoms with van der Waals surface area (Å²) in [6, 6.07) is 8.30. The number of carboxylic acids is 1. The average molecular weight is 359 g/mol. The second kappa shape index (κ2) is 6.69. The van der Waals surface area contributed by atoms with Gasteiger partial charge < -0.3 is 14.6 Å². The van der Waals surface area contributed by atoms with E-state index in [2.05, 4.69) is 29.3 Å². The van der Waals surface area contributed by atoms with Crippen molar-refractivity contribution in [1.82, 2.24) is 4.90 Å². The minimum absolute atomic E-state index is 0.0512. The van der Waals surface area contributed by atoms with Gasteiger partial charge in [0.05, 0.1) is 12.0 Å². The summed E-state index contributed by atoms with van der Waals surface area (Å²) in [7, 11) is 0. The number of benzene rings is 1. The molecule has 1 N–H and O–H groups in total. The van der Waals surface area contributed by atoms with Crippen LogP contribution in [0, 0.1) is 12.8 Å². The number of aliphatic carboxylic acids is 1. The van der Waals surface area contributed by atoms with Gasteiger partial charge in [0.2, 0.25) is 6.79 Å². The molecule has 132 valence electrons. The Balaban J connectivity index is 1.70. The Morgan fingerprint density at radius 2 is 2.16 bits per heavy atom. The molecule has 0 saturated carbocycles. The summed E-state index contributed by atoms with van der Waals surface area (Å²) < 4.78 is 11.0. The fourth-order valence-electron chi connectivity index (χ4n) is 3.68. The predicted molar refractivity (Wildman–Crippen MR) is 95.4 cm³/mol. The molecular weight excluding hydrogens is 338 g/mol. The average Bonchev–Trinajstić information content (AvgIpc) is 3.24. The van der Waals surface area contributed by atoms with Crippen molar-refractivity contribution in [1.29, 1.82) is 0 Å². The van der Waals surface area contributed by atoms with E-state index in [1.807, 2.05) is 12.1 Å². The summed E-state index contributed by atoms with van der Waals surface area (Å²) >= 11 is 1.73. The monoisotopic (exact) mass is 359 g/mol. The molecule has 2 aromatic rings. The lowest BCUT2D eigenvalue weighted by Crippen LogP contribution is -2.41. The lowest BCUT2D eigenvalue weighted by atomic mass is 9.94. The number of carboxylic acid groups (broad SMARTS) is 1. The molecule has 3 heterocycles. The van der Waals surface area contributed by atoms with Crippen molar-refractivity contribution in [3.8, 4) is 11.5 Å². The summed E-state index contributed by atoms with van der Waals surface area (Å²) in [5, 5.41) is 11.6. The van der Waals surface area contributed by atoms with Gasteiger partial charge in [0.1, 0.15) is 0 Å². The number of likely N-dealkylation sites (tertiary alicyclic amines) is 1. The molecule has 0 amide bonds. The van der Waals surface area contributed by atoms with Crippen LogP contribution in [-0.2, 0) is 4.79 Å². The normalized spacial score (nSPS) is 21.2. The Labute approximate surface area is 150 Å². The maximum absolute atomic E-state index is 11.5. The van der Waals surface area contributed by atoms with Crippen LogP contribution in [0.15, 0.2) is 29.6 Å². The lowest BCUT2D eigenvalue weighted by molar-refractivity contribution is -0.143. The van der Waals surface area contributed by atoms with Crippen molar-refractivity contribution < 1.29 is 19.4 Å². The molecule has 2 aliphatic rings. The molecule has 25 heavy (non-hydrogen) atoms. The molecule has 1 aromatic heterocycles. The first kappa shape index (κ1) is 16.4. The molecular formula is C19H21NO4S. The number of hydrogen-bond donors (Lipinski definition) is 1. The zero-order valence-electron chi connectivity index (χ0n) is 14.1. The van der Waals surface area contributed by atoms with Crippen LogP contribution < -0.4 is 9.47 Å². The Morgan fingerprint density at radius 1 is 1.32 bits per heavy atom. The van der Waals surface area contributed by atoms with Crippen LogP contribution in [-0.4, -0.2) is 35.9 Å². The van der Waals surface area contributed by atoms with Gasteiger partial charge in [0, 0.05) is 11.4 Å². The van der Waals surface area contributed by atoms with E-state index in [9.17, 15) is 9.90 Å². The highest BCUT2D eigenvalue weighted by Gasteiger charge is 2.32. The van der Waals surface area contributed by atoms with Crippen LogP contribution in [0.3, 0.4) is 0 Å². The summed E-state index contributed by atoms with van der Waals surface area (Å²) in [5.74, 6) is 0.539. The standard InChI is InChI=1S/C19H21NO4S/c1-12-7-17(25-10-12)18(20-6-2-3-14(9-20)19(21)22)13-4-5-15-16(8-13)24-11-23-15/h4-5,7-8,10,14,18H,2-3,6,9,11H2,1H3,(H,21,22). The number of rotatable bonds is 4. The zero-order valence-corrected chi connectivity index (χ0v) is 14.9. The van der Waals surface area contributed by atoms with Gasteiger partial charge in [-0.25, -0.2) is 0 Å². The molecule has 0 aliphatic carbocycles. The SMILES string of the molecule is Cc1csc(C(c2ccc3c(c2)OCO3)N2CCCC(C(=O)O)C2)c1. The minimum Gasteiger partial charge on any atom is -0.481 e. The second-order valence-corrected chi connectivity index (χ2v) is 7.66. The fraction of sp³-hybridized carbons (Fsp3) is 0.421. The number of piperidine rings is 1. The third kappa shape index (κ3) is 3.24. The van der Waals surface area contributed by atoms with Crippen LogP contribution in [0.5, 0.6) is 11.5 Å². The van der Waals surface area contributed by atoms with Gasteiger partial charge >= 0.3 is 5.97 Å². The van der Waals surface area contributed by atoms with E-state index in [0.29, 0.717) is 6.54 Å². The molecule has 5 nitrogen and oxygen atoms in total. The first-order valence-corrected chi connectivity index (χ1v) is 9.41. The first-order chi connectivity index (χ1) is 12.1. The van der Waals surface area contributed by atoms with Crippen LogP contribution in [0.1, 0.15) is 34.9 Å². The van der Waals surface area contributed by atoms with Crippen molar-refractivity contribution >= 4 is 17.3 Å². The van der Waals surface area contributed by atoms with Crippen molar-refractivity contribution in [3.63, 3.8) is 0 Å². The third-order valence-electron chi connectivity index (χ3n) is 4.90. The zero-order chi connectivity index (χ0) is 17.4. The summed E-state index contributed by atoms with van der Waals surface area (Å²) in [4.78, 5) is 15.0. The van der Waals surface area contributed by atoms with E-state index in [-0.39, 0.29) is 18.8 Å². The Morgan fingerprint density at radius 3 is 2.92 bits per heavy atom. The van der Waals surface area contributed by atoms with E-state index in [0.717, 1.165) is 36.4 Å². The van der Waals surface area contributed by atoms with Gasteiger partial charge in [-0.3, -0.25) is 9.69 Å². The molecule has 2 unspecified atom stereocenters. The quantitative estimate of drug-likeness (QED) is 0.903. The van der Waals surface area contributed by atoms with E-state index in [1.165, 1.54) is 10.4 Å². The highest BCUT2D eigenvalue weighted by Crippen LogP contribution is 2.40. The molecule has 2 aliphatic heterocycles. The summed E-state index contributed by atoms with van der Waals surface area (Å²) in [6.07, 6.45) is 1.66. The van der Waals surface area contributed by atoms with Crippen molar-refractivity contribution in [3.05, 3.63) is 45.6 Å². The molecule has 4 rings (SSSR count). The molecule has 1 aromatic carbocycles. The predicted octanol–water partition coefficient (Wildman–Crippen LogP) is 3.67. The van der Waals surface area contributed by atoms with E-state index < -0.39 is 5.97 Å². The third-order valence-corrected chi connectivity index (χ3v) is 6.00. The van der Waals surface area contributed by atoms with Gasteiger partial charge in [-0.1, -0.05) is 6.07 Å². The van der Waals surface area contributed by atoms with E-state index in [4.69, 9.17) is 9.47 Å². The van der Waals surface area contributed by atoms with Crippen molar-refractivity contribution in [2.45, 2.75) is 25.8 Å². The topological polar surface area (TPSA) is 59.0 Å². The van der Waals surface area contributed by atoms with E-state index >= 15 is 0 Å². The Hall–Kier alpha value is -2.05. The number of carbonyl (C=O) groups is 1. The maximum Gasteiger partial charge on any atom is 0.307 e. The summed E-state index contributed by atoms with van der Waals surface area (Å²) in [5.41, 5.74) is 2.36. The van der Waals surface area contributed by atoms with Gasteiger partial charge in [-0.05, 0) is 61.0 Å². The number of hydrogen-bond acceptors (Lipinski definition) is 5. The first-order valence-electron chi connectivity index (χ1n) is 8.53.